The third kappa shape index (κ3) is 8.40. The standard InChI is InChI=1S/C11H16N2O2.C6H8N2/c1-8-6-5-7-9(12-8)13-10(14)15-11(2,3)4;1-5-3-2-4-6(7)8-5/h5-7H,1-4H3,(H,12,13,14);2-4H,1H3,(H2,7,8). The van der Waals surface area contributed by atoms with Crippen LogP contribution in [0.3, 0.4) is 0 Å². The van der Waals surface area contributed by atoms with Crippen molar-refractivity contribution in [2.45, 2.75) is 40.2 Å². The molecule has 1 amide bonds. The lowest BCUT2D eigenvalue weighted by Gasteiger charge is -2.19. The quantitative estimate of drug-likeness (QED) is 0.837. The number of nitrogens with zero attached hydrogens (tertiary/aromatic N) is 2. The van der Waals surface area contributed by atoms with E-state index in [2.05, 4.69) is 15.3 Å². The molecule has 0 aromatic carbocycles. The molecule has 2 aromatic heterocycles. The molecule has 2 aromatic rings. The number of carbonyl (C=O) groups is 1. The maximum Gasteiger partial charge on any atom is 0.413 e. The number of nitrogens with one attached hydrogen (secondary N) is 1. The van der Waals surface area contributed by atoms with Gasteiger partial charge < -0.3 is 10.5 Å². The fourth-order valence-electron chi connectivity index (χ4n) is 1.58. The Morgan fingerprint density at radius 1 is 1.04 bits per heavy atom. The number of ether oxygens (including phenoxy) is 1. The molecule has 2 heterocycles. The number of rotatable bonds is 1. The fraction of sp³-hybridized carbons (Fsp3) is 0.353. The molecule has 0 aliphatic heterocycles. The molecule has 0 saturated carbocycles. The number of carbonyl (C=O) groups excluding carboxylic acids is 1. The Balaban J connectivity index is 0.000000277. The monoisotopic (exact) mass is 316 g/mol. The lowest BCUT2D eigenvalue weighted by molar-refractivity contribution is 0.0635. The first-order valence-electron chi connectivity index (χ1n) is 7.28. The summed E-state index contributed by atoms with van der Waals surface area (Å²) in [6.07, 6.45) is -0.486. The Morgan fingerprint density at radius 3 is 2.04 bits per heavy atom. The lowest BCUT2D eigenvalue weighted by atomic mass is 10.2. The van der Waals surface area contributed by atoms with E-state index >= 15 is 0 Å². The van der Waals surface area contributed by atoms with E-state index in [9.17, 15) is 4.79 Å². The van der Waals surface area contributed by atoms with Gasteiger partial charge in [-0.3, -0.25) is 5.32 Å². The van der Waals surface area contributed by atoms with Crippen molar-refractivity contribution in [1.29, 1.82) is 0 Å². The Kier molecular flexibility index (Phi) is 6.50. The summed E-state index contributed by atoms with van der Waals surface area (Å²) in [5.41, 5.74) is 6.67. The van der Waals surface area contributed by atoms with Crippen molar-refractivity contribution in [2.75, 3.05) is 11.1 Å². The maximum atomic E-state index is 11.4. The number of pyridine rings is 2. The minimum absolute atomic E-state index is 0.486. The first-order chi connectivity index (χ1) is 10.7. The molecule has 0 radical (unpaired) electrons. The molecule has 0 saturated heterocycles. The number of hydrogen-bond acceptors (Lipinski definition) is 5. The van der Waals surface area contributed by atoms with Crippen LogP contribution in [0.5, 0.6) is 0 Å². The summed E-state index contributed by atoms with van der Waals surface area (Å²) in [7, 11) is 0. The van der Waals surface area contributed by atoms with Crippen LogP contribution in [0, 0.1) is 13.8 Å². The van der Waals surface area contributed by atoms with Gasteiger partial charge in [0.2, 0.25) is 0 Å². The van der Waals surface area contributed by atoms with Crippen molar-refractivity contribution >= 4 is 17.7 Å². The molecule has 0 unspecified atom stereocenters. The highest BCUT2D eigenvalue weighted by Crippen LogP contribution is 2.10. The fourth-order valence-corrected chi connectivity index (χ4v) is 1.58. The summed E-state index contributed by atoms with van der Waals surface area (Å²) in [5, 5.41) is 2.57. The van der Waals surface area contributed by atoms with Crippen LogP contribution in [0.2, 0.25) is 0 Å². The van der Waals surface area contributed by atoms with Crippen molar-refractivity contribution in [2.24, 2.45) is 0 Å². The van der Waals surface area contributed by atoms with Crippen LogP contribution in [-0.2, 0) is 4.74 Å². The van der Waals surface area contributed by atoms with Crippen molar-refractivity contribution in [1.82, 2.24) is 9.97 Å². The molecule has 6 heteroatoms. The van der Waals surface area contributed by atoms with Crippen molar-refractivity contribution in [3.8, 4) is 0 Å². The van der Waals surface area contributed by atoms with Gasteiger partial charge in [-0.2, -0.15) is 0 Å². The third-order valence-electron chi connectivity index (χ3n) is 2.43. The van der Waals surface area contributed by atoms with Gasteiger partial charge in [0.25, 0.3) is 0 Å². The van der Waals surface area contributed by atoms with Crippen molar-refractivity contribution in [3.05, 3.63) is 47.8 Å². The number of anilines is 2. The zero-order valence-corrected chi connectivity index (χ0v) is 14.3. The minimum atomic E-state index is -0.492. The van der Waals surface area contributed by atoms with Crippen LogP contribution in [0.25, 0.3) is 0 Å². The summed E-state index contributed by atoms with van der Waals surface area (Å²) >= 11 is 0. The molecular formula is C17H24N4O2. The number of aromatic nitrogens is 2. The minimum Gasteiger partial charge on any atom is -0.444 e. The summed E-state index contributed by atoms with van der Waals surface area (Å²) in [6, 6.07) is 11.0. The highest BCUT2D eigenvalue weighted by molar-refractivity contribution is 5.83. The first-order valence-corrected chi connectivity index (χ1v) is 7.28. The summed E-state index contributed by atoms with van der Waals surface area (Å²) in [5.74, 6) is 1.09. The van der Waals surface area contributed by atoms with Crippen LogP contribution in [-0.4, -0.2) is 21.7 Å². The Labute approximate surface area is 137 Å². The highest BCUT2D eigenvalue weighted by Gasteiger charge is 2.16. The van der Waals surface area contributed by atoms with E-state index in [1.54, 1.807) is 12.1 Å². The summed E-state index contributed by atoms with van der Waals surface area (Å²) < 4.78 is 5.09. The van der Waals surface area contributed by atoms with E-state index < -0.39 is 11.7 Å². The summed E-state index contributed by atoms with van der Waals surface area (Å²) in [6.45, 7) is 9.22. The van der Waals surface area contributed by atoms with Gasteiger partial charge >= 0.3 is 6.09 Å². The van der Waals surface area contributed by atoms with Crippen LogP contribution in [0.4, 0.5) is 16.4 Å². The zero-order chi connectivity index (χ0) is 17.5. The zero-order valence-electron chi connectivity index (χ0n) is 14.3. The smallest absolute Gasteiger partial charge is 0.413 e. The normalized spacial score (nSPS) is 10.3. The number of nitrogens with two attached hydrogens (primary N) is 1. The molecule has 0 aliphatic rings. The number of aryl methyl sites for hydroxylation is 2. The van der Waals surface area contributed by atoms with Gasteiger partial charge in [0.05, 0.1) is 0 Å². The van der Waals surface area contributed by atoms with Crippen LogP contribution >= 0.6 is 0 Å². The molecule has 2 rings (SSSR count). The number of nitrogen functional groups attached to an aromatic ring is 1. The highest BCUT2D eigenvalue weighted by atomic mass is 16.6. The Bertz CT molecular complexity index is 634. The first kappa shape index (κ1) is 18.4. The van der Waals surface area contributed by atoms with Crippen LogP contribution in [0.15, 0.2) is 36.4 Å². The molecule has 124 valence electrons. The van der Waals surface area contributed by atoms with Crippen LogP contribution < -0.4 is 11.1 Å². The average molecular weight is 316 g/mol. The molecule has 0 aliphatic carbocycles. The van der Waals surface area contributed by atoms with E-state index in [1.807, 2.05) is 58.9 Å². The SMILES string of the molecule is Cc1cccc(N)n1.Cc1cccc(NC(=O)OC(C)(C)C)n1. The molecule has 0 atom stereocenters. The maximum absolute atomic E-state index is 11.4. The number of hydrogen-bond donors (Lipinski definition) is 2. The third-order valence-corrected chi connectivity index (χ3v) is 2.43. The predicted molar refractivity (Wildman–Crippen MR) is 92.2 cm³/mol. The van der Waals surface area contributed by atoms with Gasteiger partial charge in [-0.25, -0.2) is 14.8 Å². The van der Waals surface area contributed by atoms with Crippen LogP contribution in [0.1, 0.15) is 32.2 Å². The second kappa shape index (κ2) is 8.12. The van der Waals surface area contributed by atoms with E-state index in [1.165, 1.54) is 0 Å². The van der Waals surface area contributed by atoms with Gasteiger partial charge in [0.15, 0.2) is 0 Å². The Hall–Kier alpha value is -2.63. The topological polar surface area (TPSA) is 90.1 Å². The second-order valence-corrected chi connectivity index (χ2v) is 5.99. The van der Waals surface area contributed by atoms with E-state index in [-0.39, 0.29) is 0 Å². The molecular weight excluding hydrogens is 292 g/mol. The van der Waals surface area contributed by atoms with Crippen molar-refractivity contribution < 1.29 is 9.53 Å². The van der Waals surface area contributed by atoms with Gasteiger partial charge in [0.1, 0.15) is 17.2 Å². The molecule has 6 nitrogen and oxygen atoms in total. The van der Waals surface area contributed by atoms with E-state index in [0.29, 0.717) is 11.6 Å². The van der Waals surface area contributed by atoms with Crippen molar-refractivity contribution in [3.63, 3.8) is 0 Å². The van der Waals surface area contributed by atoms with Gasteiger partial charge in [-0.05, 0) is 58.9 Å². The Morgan fingerprint density at radius 2 is 1.61 bits per heavy atom. The molecule has 0 spiro atoms. The molecule has 0 bridgehead atoms. The van der Waals surface area contributed by atoms with Gasteiger partial charge in [-0.15, -0.1) is 0 Å². The second-order valence-electron chi connectivity index (χ2n) is 5.99. The molecule has 0 fully saturated rings. The van der Waals surface area contributed by atoms with Gasteiger partial charge in [0, 0.05) is 11.4 Å². The van der Waals surface area contributed by atoms with Gasteiger partial charge in [-0.1, -0.05) is 12.1 Å². The summed E-state index contributed by atoms with van der Waals surface area (Å²) in [4.78, 5) is 19.4. The van der Waals surface area contributed by atoms with E-state index in [4.69, 9.17) is 10.5 Å². The molecule has 23 heavy (non-hydrogen) atoms. The lowest BCUT2D eigenvalue weighted by Crippen LogP contribution is -2.27. The number of amides is 1. The molecule has 3 N–H and O–H groups in total. The average Bonchev–Trinajstić information content (AvgIpc) is 2.36. The largest absolute Gasteiger partial charge is 0.444 e. The van der Waals surface area contributed by atoms with E-state index in [0.717, 1.165) is 11.4 Å². The predicted octanol–water partition coefficient (Wildman–Crippen LogP) is 3.71.